The monoisotopic (exact) mass is 742 g/mol. The molecule has 10 heteroatoms. The topological polar surface area (TPSA) is 131 Å². The minimum absolute atomic E-state index is 0.0816. The number of hydrogen-bond acceptors (Lipinski definition) is 7. The molecule has 0 saturated carbocycles. The average Bonchev–Trinajstić information content (AvgIpc) is 3.11. The third-order valence-corrected chi connectivity index (χ3v) is 9.56. The van der Waals surface area contributed by atoms with Crippen LogP contribution in [-0.2, 0) is 27.9 Å². The number of rotatable bonds is 38. The van der Waals surface area contributed by atoms with Crippen LogP contribution in [-0.4, -0.2) is 54.3 Å². The van der Waals surface area contributed by atoms with Gasteiger partial charge in [-0.1, -0.05) is 153 Å². The minimum atomic E-state index is -4.41. The zero-order valence-electron chi connectivity index (χ0n) is 32.5. The van der Waals surface area contributed by atoms with Crippen LogP contribution in [0.3, 0.4) is 0 Å². The number of carbonyl (C=O) groups is 2. The van der Waals surface area contributed by atoms with E-state index in [1.165, 1.54) is 89.9 Å². The van der Waals surface area contributed by atoms with Crippen molar-refractivity contribution >= 4 is 19.7 Å². The first-order valence-corrected chi connectivity index (χ1v) is 22.0. The van der Waals surface area contributed by atoms with E-state index in [0.717, 1.165) is 64.2 Å². The van der Waals surface area contributed by atoms with Crippen LogP contribution in [0.2, 0.25) is 0 Å². The SMILES string of the molecule is CCCCC/C=C\C/C=C\C/C=C\CCCCCCCCC(=O)OCC(O)COP(=O)(O)OCCNC(=O)CCCCCCCCCCCCC. The fraction of sp³-hybridized carbons (Fsp3) is 0.805. The fourth-order valence-corrected chi connectivity index (χ4v) is 6.20. The summed E-state index contributed by atoms with van der Waals surface area (Å²) >= 11 is 0. The molecule has 0 bridgehead atoms. The molecule has 298 valence electrons. The Bertz CT molecular complexity index is 939. The largest absolute Gasteiger partial charge is 0.472 e. The van der Waals surface area contributed by atoms with Gasteiger partial charge in [0.1, 0.15) is 12.7 Å². The van der Waals surface area contributed by atoms with Gasteiger partial charge in [-0.25, -0.2) is 4.57 Å². The number of carbonyl (C=O) groups excluding carboxylic acids is 2. The highest BCUT2D eigenvalue weighted by atomic mass is 31.2. The van der Waals surface area contributed by atoms with Gasteiger partial charge < -0.3 is 20.1 Å². The summed E-state index contributed by atoms with van der Waals surface area (Å²) in [6.45, 7) is 3.50. The molecule has 0 saturated heterocycles. The normalized spacial score (nSPS) is 13.7. The van der Waals surface area contributed by atoms with Gasteiger partial charge in [-0.2, -0.15) is 0 Å². The van der Waals surface area contributed by atoms with E-state index in [4.69, 9.17) is 13.8 Å². The molecule has 0 rings (SSSR count). The molecule has 0 aromatic rings. The van der Waals surface area contributed by atoms with Crippen molar-refractivity contribution in [1.82, 2.24) is 5.32 Å². The summed E-state index contributed by atoms with van der Waals surface area (Å²) in [5.74, 6) is -0.529. The lowest BCUT2D eigenvalue weighted by Gasteiger charge is -2.15. The number of aliphatic hydroxyl groups excluding tert-OH is 1. The maximum absolute atomic E-state index is 12.1. The lowest BCUT2D eigenvalue weighted by molar-refractivity contribution is -0.147. The van der Waals surface area contributed by atoms with Crippen LogP contribution in [0, 0.1) is 0 Å². The maximum Gasteiger partial charge on any atom is 0.472 e. The number of nitrogens with one attached hydrogen (secondary N) is 1. The molecule has 0 fully saturated rings. The zero-order valence-corrected chi connectivity index (χ0v) is 33.4. The Labute approximate surface area is 312 Å². The van der Waals surface area contributed by atoms with Gasteiger partial charge in [0.25, 0.3) is 0 Å². The standard InChI is InChI=1S/C41H76NO8P/c1-3-5-7-9-11-13-15-16-17-18-19-20-21-22-24-26-28-30-32-34-41(45)48-37-39(43)38-50-51(46,47)49-36-35-42-40(44)33-31-29-27-25-23-14-12-10-8-6-4-2/h11,13,16-17,19-20,39,43H,3-10,12,14-15,18,21-38H2,1-2H3,(H,42,44)(H,46,47)/b13-11-,17-16-,20-19-. The molecule has 0 spiro atoms. The molecule has 0 aliphatic heterocycles. The summed E-state index contributed by atoms with van der Waals surface area (Å²) in [4.78, 5) is 33.8. The highest BCUT2D eigenvalue weighted by Crippen LogP contribution is 2.42. The van der Waals surface area contributed by atoms with Crippen molar-refractivity contribution in [3.63, 3.8) is 0 Å². The van der Waals surface area contributed by atoms with E-state index < -0.39 is 26.5 Å². The lowest BCUT2D eigenvalue weighted by Crippen LogP contribution is -2.27. The van der Waals surface area contributed by atoms with Crippen molar-refractivity contribution in [2.24, 2.45) is 0 Å². The molecule has 2 unspecified atom stereocenters. The molecule has 2 atom stereocenters. The Morgan fingerprint density at radius 1 is 0.608 bits per heavy atom. The minimum Gasteiger partial charge on any atom is -0.463 e. The molecule has 1 amide bonds. The fourth-order valence-electron chi connectivity index (χ4n) is 5.45. The van der Waals surface area contributed by atoms with Gasteiger partial charge in [0.05, 0.1) is 13.2 Å². The van der Waals surface area contributed by atoms with Crippen molar-refractivity contribution in [2.45, 2.75) is 187 Å². The third-order valence-electron chi connectivity index (χ3n) is 8.57. The van der Waals surface area contributed by atoms with Crippen LogP contribution in [0.4, 0.5) is 0 Å². The van der Waals surface area contributed by atoms with E-state index in [1.807, 2.05) is 0 Å². The van der Waals surface area contributed by atoms with E-state index in [9.17, 15) is 24.2 Å². The van der Waals surface area contributed by atoms with Gasteiger partial charge in [0.2, 0.25) is 5.91 Å². The average molecular weight is 742 g/mol. The summed E-state index contributed by atoms with van der Waals surface area (Å²) in [5, 5.41) is 12.7. The van der Waals surface area contributed by atoms with Crippen LogP contribution < -0.4 is 5.32 Å². The van der Waals surface area contributed by atoms with E-state index in [1.54, 1.807) is 0 Å². The number of phosphoric acid groups is 1. The van der Waals surface area contributed by atoms with Crippen LogP contribution in [0.15, 0.2) is 36.5 Å². The molecule has 0 aromatic heterocycles. The molecule has 3 N–H and O–H groups in total. The first kappa shape index (κ1) is 49.2. The summed E-state index contributed by atoms with van der Waals surface area (Å²) in [6.07, 6.45) is 40.7. The second-order valence-electron chi connectivity index (χ2n) is 13.6. The van der Waals surface area contributed by atoms with Crippen molar-refractivity contribution in [2.75, 3.05) is 26.4 Å². The Kier molecular flexibility index (Phi) is 36.7. The number of aliphatic hydroxyl groups is 1. The van der Waals surface area contributed by atoms with Gasteiger partial charge in [-0.15, -0.1) is 0 Å². The Balaban J connectivity index is 3.63. The number of hydrogen-bond donors (Lipinski definition) is 3. The summed E-state index contributed by atoms with van der Waals surface area (Å²) in [6, 6.07) is 0. The highest BCUT2D eigenvalue weighted by Gasteiger charge is 2.23. The lowest BCUT2D eigenvalue weighted by atomic mass is 10.1. The molecule has 9 nitrogen and oxygen atoms in total. The summed E-state index contributed by atoms with van der Waals surface area (Å²) in [7, 11) is -4.41. The van der Waals surface area contributed by atoms with E-state index in [-0.39, 0.29) is 32.1 Å². The molecular formula is C41H76NO8P. The molecule has 0 heterocycles. The zero-order chi connectivity index (χ0) is 37.5. The maximum atomic E-state index is 12.1. The number of amides is 1. The number of allylic oxidation sites excluding steroid dienone is 6. The van der Waals surface area contributed by atoms with Crippen molar-refractivity contribution < 1.29 is 37.9 Å². The number of phosphoric ester groups is 1. The Morgan fingerprint density at radius 3 is 1.63 bits per heavy atom. The van der Waals surface area contributed by atoms with Crippen LogP contribution in [0.1, 0.15) is 181 Å². The van der Waals surface area contributed by atoms with Gasteiger partial charge in [0.15, 0.2) is 0 Å². The smallest absolute Gasteiger partial charge is 0.463 e. The molecule has 0 radical (unpaired) electrons. The molecule has 0 aromatic carbocycles. The van der Waals surface area contributed by atoms with Gasteiger partial charge >= 0.3 is 13.8 Å². The summed E-state index contributed by atoms with van der Waals surface area (Å²) in [5.41, 5.74) is 0. The number of ether oxygens (including phenoxy) is 1. The first-order valence-electron chi connectivity index (χ1n) is 20.5. The van der Waals surface area contributed by atoms with Crippen LogP contribution >= 0.6 is 7.82 Å². The highest BCUT2D eigenvalue weighted by molar-refractivity contribution is 7.47. The van der Waals surface area contributed by atoms with E-state index >= 15 is 0 Å². The predicted molar refractivity (Wildman–Crippen MR) is 211 cm³/mol. The van der Waals surface area contributed by atoms with Gasteiger partial charge in [-0.05, 0) is 51.4 Å². The Hall–Kier alpha value is -1.77. The molecular weight excluding hydrogens is 665 g/mol. The van der Waals surface area contributed by atoms with E-state index in [0.29, 0.717) is 6.42 Å². The summed E-state index contributed by atoms with van der Waals surface area (Å²) < 4.78 is 26.8. The molecule has 0 aliphatic rings. The van der Waals surface area contributed by atoms with Crippen molar-refractivity contribution in [3.05, 3.63) is 36.5 Å². The van der Waals surface area contributed by atoms with Crippen LogP contribution in [0.25, 0.3) is 0 Å². The van der Waals surface area contributed by atoms with Gasteiger partial charge in [0, 0.05) is 19.4 Å². The van der Waals surface area contributed by atoms with Gasteiger partial charge in [-0.3, -0.25) is 18.6 Å². The quantitative estimate of drug-likeness (QED) is 0.0247. The van der Waals surface area contributed by atoms with Crippen molar-refractivity contribution in [3.8, 4) is 0 Å². The first-order chi connectivity index (χ1) is 24.8. The predicted octanol–water partition coefficient (Wildman–Crippen LogP) is 11.0. The third kappa shape index (κ3) is 39.3. The number of esters is 1. The van der Waals surface area contributed by atoms with E-state index in [2.05, 4.69) is 55.6 Å². The van der Waals surface area contributed by atoms with Crippen LogP contribution in [0.5, 0.6) is 0 Å². The second-order valence-corrected chi connectivity index (χ2v) is 15.1. The molecule has 0 aliphatic carbocycles. The molecule has 51 heavy (non-hydrogen) atoms. The second kappa shape index (κ2) is 38.0. The number of unbranched alkanes of at least 4 members (excludes halogenated alkanes) is 19. The van der Waals surface area contributed by atoms with Crippen molar-refractivity contribution in [1.29, 1.82) is 0 Å². The Morgan fingerprint density at radius 2 is 1.06 bits per heavy atom.